The molecule has 3 rings (SSSR count). The van der Waals surface area contributed by atoms with Crippen molar-refractivity contribution in [3.8, 4) is 11.5 Å². The summed E-state index contributed by atoms with van der Waals surface area (Å²) in [5, 5.41) is 3.10. The highest BCUT2D eigenvalue weighted by Gasteiger charge is 2.23. The zero-order chi connectivity index (χ0) is 19.2. The molecule has 1 aromatic heterocycles. The van der Waals surface area contributed by atoms with Crippen molar-refractivity contribution in [3.05, 3.63) is 53.9 Å². The Hall–Kier alpha value is -3.02. The first-order chi connectivity index (χ1) is 13.2. The lowest BCUT2D eigenvalue weighted by molar-refractivity contribution is 0.0926. The number of amides is 1. The zero-order valence-electron chi connectivity index (χ0n) is 15.9. The van der Waals surface area contributed by atoms with Crippen LogP contribution in [0.5, 0.6) is 11.5 Å². The highest BCUT2D eigenvalue weighted by Crippen LogP contribution is 2.29. The Morgan fingerprint density at radius 3 is 2.44 bits per heavy atom. The molecular weight excluding hydrogens is 342 g/mol. The molecule has 1 atom stereocenters. The summed E-state index contributed by atoms with van der Waals surface area (Å²) in [4.78, 5) is 21.0. The number of rotatable bonds is 8. The van der Waals surface area contributed by atoms with Crippen LogP contribution in [0.25, 0.3) is 11.0 Å². The van der Waals surface area contributed by atoms with Crippen molar-refractivity contribution in [2.45, 2.75) is 32.2 Å². The van der Waals surface area contributed by atoms with E-state index in [4.69, 9.17) is 9.47 Å². The quantitative estimate of drug-likeness (QED) is 0.624. The van der Waals surface area contributed by atoms with Gasteiger partial charge >= 0.3 is 0 Å². The second-order valence-corrected chi connectivity index (χ2v) is 6.35. The van der Waals surface area contributed by atoms with Crippen molar-refractivity contribution in [2.24, 2.45) is 0 Å². The average Bonchev–Trinajstić information content (AvgIpc) is 3.14. The van der Waals surface area contributed by atoms with E-state index < -0.39 is 0 Å². The molecule has 0 radical (unpaired) electrons. The lowest BCUT2D eigenvalue weighted by Gasteiger charge is -2.19. The number of ether oxygens (including phenoxy) is 2. The summed E-state index contributed by atoms with van der Waals surface area (Å²) in [5.41, 5.74) is 2.23. The summed E-state index contributed by atoms with van der Waals surface area (Å²) in [5.74, 6) is 1.47. The second-order valence-electron chi connectivity index (χ2n) is 6.35. The van der Waals surface area contributed by atoms with E-state index >= 15 is 0 Å². The maximum absolute atomic E-state index is 13.1. The highest BCUT2D eigenvalue weighted by atomic mass is 16.5. The molecule has 2 aromatic carbocycles. The number of hydrogen-bond acceptors (Lipinski definition) is 4. The third-order valence-corrected chi connectivity index (χ3v) is 4.54. The van der Waals surface area contributed by atoms with Gasteiger partial charge < -0.3 is 19.8 Å². The molecule has 0 aliphatic heterocycles. The van der Waals surface area contributed by atoms with Gasteiger partial charge in [0.25, 0.3) is 5.91 Å². The van der Waals surface area contributed by atoms with Gasteiger partial charge in [-0.3, -0.25) is 4.79 Å². The molecule has 0 fully saturated rings. The van der Waals surface area contributed by atoms with E-state index in [1.54, 1.807) is 32.4 Å². The number of aromatic nitrogens is 2. The smallest absolute Gasteiger partial charge is 0.259 e. The minimum Gasteiger partial charge on any atom is -0.496 e. The van der Waals surface area contributed by atoms with Gasteiger partial charge in [-0.1, -0.05) is 38.0 Å². The molecule has 1 amide bonds. The van der Waals surface area contributed by atoms with E-state index in [2.05, 4.69) is 22.2 Å². The van der Waals surface area contributed by atoms with Gasteiger partial charge in [-0.2, -0.15) is 0 Å². The summed E-state index contributed by atoms with van der Waals surface area (Å²) in [7, 11) is 3.08. The number of H-pyrrole nitrogens is 1. The Balaban J connectivity index is 1.92. The van der Waals surface area contributed by atoms with Crippen LogP contribution >= 0.6 is 0 Å². The Labute approximate surface area is 158 Å². The van der Waals surface area contributed by atoms with Crippen molar-refractivity contribution < 1.29 is 14.3 Å². The van der Waals surface area contributed by atoms with E-state index in [1.165, 1.54) is 0 Å². The fraction of sp³-hybridized carbons (Fsp3) is 0.333. The van der Waals surface area contributed by atoms with E-state index in [0.29, 0.717) is 17.1 Å². The topological polar surface area (TPSA) is 76.2 Å². The molecule has 142 valence electrons. The number of carbonyl (C=O) groups excluding carboxylic acids is 1. The second kappa shape index (κ2) is 8.58. The van der Waals surface area contributed by atoms with Gasteiger partial charge in [0.2, 0.25) is 0 Å². The van der Waals surface area contributed by atoms with Crippen LogP contribution in [0.1, 0.15) is 48.4 Å². The normalized spacial score (nSPS) is 12.0. The SMILES string of the molecule is CCCC[C@@H](NC(=O)c1c(OC)cccc1OC)c1nc2ccccc2[nH]1. The van der Waals surface area contributed by atoms with E-state index in [9.17, 15) is 4.79 Å². The molecule has 0 spiro atoms. The van der Waals surface area contributed by atoms with Gasteiger partial charge in [0.15, 0.2) is 0 Å². The number of hydrogen-bond donors (Lipinski definition) is 2. The van der Waals surface area contributed by atoms with Crippen LogP contribution in [0, 0.1) is 0 Å². The van der Waals surface area contributed by atoms with Crippen LogP contribution < -0.4 is 14.8 Å². The zero-order valence-corrected chi connectivity index (χ0v) is 15.9. The fourth-order valence-electron chi connectivity index (χ4n) is 3.13. The third kappa shape index (κ3) is 4.05. The van der Waals surface area contributed by atoms with Gasteiger partial charge in [-0.05, 0) is 30.7 Å². The predicted octanol–water partition coefficient (Wildman–Crippen LogP) is 4.24. The lowest BCUT2D eigenvalue weighted by Crippen LogP contribution is -2.30. The molecule has 6 nitrogen and oxygen atoms in total. The number of aromatic amines is 1. The number of para-hydroxylation sites is 2. The standard InChI is InChI=1S/C21H25N3O3/c1-4-5-9-16(20-22-14-10-6-7-11-15(14)23-20)24-21(25)19-17(26-2)12-8-13-18(19)27-3/h6-8,10-13,16H,4-5,9H2,1-3H3,(H,22,23)(H,24,25)/t16-/m1/s1. The van der Waals surface area contributed by atoms with Crippen molar-refractivity contribution in [2.75, 3.05) is 14.2 Å². The Kier molecular flexibility index (Phi) is 5.96. The van der Waals surface area contributed by atoms with Gasteiger partial charge in [0.05, 0.1) is 31.3 Å². The molecule has 1 heterocycles. The summed E-state index contributed by atoms with van der Waals surface area (Å²) in [6.07, 6.45) is 2.80. The molecule has 0 aliphatic rings. The maximum Gasteiger partial charge on any atom is 0.259 e. The van der Waals surface area contributed by atoms with Crippen LogP contribution in [0.15, 0.2) is 42.5 Å². The van der Waals surface area contributed by atoms with Gasteiger partial charge in [-0.25, -0.2) is 4.98 Å². The average molecular weight is 367 g/mol. The van der Waals surface area contributed by atoms with Gasteiger partial charge in [0.1, 0.15) is 22.9 Å². The summed E-state index contributed by atoms with van der Waals surface area (Å²) in [6, 6.07) is 12.9. The number of nitrogens with one attached hydrogen (secondary N) is 2. The number of benzene rings is 2. The number of fused-ring (bicyclic) bond motifs is 1. The molecule has 0 bridgehead atoms. The van der Waals surface area contributed by atoms with E-state index in [1.807, 2.05) is 24.3 Å². The van der Waals surface area contributed by atoms with E-state index in [-0.39, 0.29) is 11.9 Å². The first-order valence-corrected chi connectivity index (χ1v) is 9.14. The molecule has 0 unspecified atom stereocenters. The van der Waals surface area contributed by atoms with Gasteiger partial charge in [0, 0.05) is 0 Å². The molecule has 3 aromatic rings. The minimum atomic E-state index is -0.245. The molecule has 0 saturated carbocycles. The van der Waals surface area contributed by atoms with Crippen LogP contribution in [-0.2, 0) is 0 Å². The van der Waals surface area contributed by atoms with Crippen LogP contribution in [-0.4, -0.2) is 30.1 Å². The third-order valence-electron chi connectivity index (χ3n) is 4.54. The molecular formula is C21H25N3O3. The van der Waals surface area contributed by atoms with Crippen LogP contribution in [0.4, 0.5) is 0 Å². The summed E-state index contributed by atoms with van der Waals surface area (Å²) in [6.45, 7) is 2.13. The first kappa shape index (κ1) is 18.8. The summed E-state index contributed by atoms with van der Waals surface area (Å²) >= 11 is 0. The molecule has 6 heteroatoms. The maximum atomic E-state index is 13.1. The molecule has 0 aliphatic carbocycles. The Morgan fingerprint density at radius 1 is 1.11 bits per heavy atom. The number of imidazole rings is 1. The number of nitrogens with zero attached hydrogens (tertiary/aromatic N) is 1. The van der Waals surface area contributed by atoms with Crippen molar-refractivity contribution >= 4 is 16.9 Å². The largest absolute Gasteiger partial charge is 0.496 e. The van der Waals surface area contributed by atoms with Crippen molar-refractivity contribution in [1.29, 1.82) is 0 Å². The van der Waals surface area contributed by atoms with Gasteiger partial charge in [-0.15, -0.1) is 0 Å². The summed E-state index contributed by atoms with van der Waals surface area (Å²) < 4.78 is 10.7. The number of unbranched alkanes of at least 4 members (excludes halogenated alkanes) is 1. The van der Waals surface area contributed by atoms with Crippen molar-refractivity contribution in [3.63, 3.8) is 0 Å². The van der Waals surface area contributed by atoms with E-state index in [0.717, 1.165) is 36.1 Å². The molecule has 2 N–H and O–H groups in total. The van der Waals surface area contributed by atoms with Crippen molar-refractivity contribution in [1.82, 2.24) is 15.3 Å². The first-order valence-electron chi connectivity index (χ1n) is 9.14. The molecule has 0 saturated heterocycles. The lowest BCUT2D eigenvalue weighted by atomic mass is 10.1. The van der Waals surface area contributed by atoms with Crippen LogP contribution in [0.2, 0.25) is 0 Å². The Morgan fingerprint density at radius 2 is 1.81 bits per heavy atom. The van der Waals surface area contributed by atoms with Crippen LogP contribution in [0.3, 0.4) is 0 Å². The fourth-order valence-corrected chi connectivity index (χ4v) is 3.13. The highest BCUT2D eigenvalue weighted by molar-refractivity contribution is 6.00. The molecule has 27 heavy (non-hydrogen) atoms. The predicted molar refractivity (Wildman–Crippen MR) is 105 cm³/mol. The number of methoxy groups -OCH3 is 2. The Bertz CT molecular complexity index is 865. The minimum absolute atomic E-state index is 0.223. The monoisotopic (exact) mass is 367 g/mol. The number of carbonyl (C=O) groups is 1.